The molecule has 0 radical (unpaired) electrons. The first-order valence-electron chi connectivity index (χ1n) is 5.48. The monoisotopic (exact) mass is 299 g/mol. The van der Waals surface area contributed by atoms with Crippen LogP contribution in [0, 0.1) is 21.7 Å². The van der Waals surface area contributed by atoms with Gasteiger partial charge in [-0.2, -0.15) is 0 Å². The van der Waals surface area contributed by atoms with Crippen molar-refractivity contribution in [2.45, 2.75) is 6.61 Å². The lowest BCUT2D eigenvalue weighted by molar-refractivity contribution is -0.384. The lowest BCUT2D eigenvalue weighted by atomic mass is 10.2. The minimum absolute atomic E-state index is 0.146. The molecule has 0 aromatic heterocycles. The lowest BCUT2D eigenvalue weighted by Crippen LogP contribution is -2.00. The van der Waals surface area contributed by atoms with Crippen LogP contribution in [0.1, 0.15) is 5.56 Å². The summed E-state index contributed by atoms with van der Waals surface area (Å²) in [5.74, 6) is -1.73. The second-order valence-electron chi connectivity index (χ2n) is 3.90. The topological polar surface area (TPSA) is 52.4 Å². The molecule has 0 heterocycles. The van der Waals surface area contributed by atoms with Gasteiger partial charge in [-0.25, -0.2) is 8.78 Å². The minimum Gasteiger partial charge on any atom is -0.486 e. The summed E-state index contributed by atoms with van der Waals surface area (Å²) in [5.41, 5.74) is 0.192. The van der Waals surface area contributed by atoms with E-state index in [4.69, 9.17) is 16.3 Å². The molecule has 7 heteroatoms. The van der Waals surface area contributed by atoms with E-state index < -0.39 is 16.6 Å². The van der Waals surface area contributed by atoms with Crippen molar-refractivity contribution in [2.75, 3.05) is 0 Å². The number of nitro benzene ring substituents is 1. The first-order chi connectivity index (χ1) is 9.47. The zero-order valence-electron chi connectivity index (χ0n) is 9.98. The second kappa shape index (κ2) is 5.83. The van der Waals surface area contributed by atoms with Crippen LogP contribution in [0.3, 0.4) is 0 Å². The molecule has 0 aliphatic rings. The van der Waals surface area contributed by atoms with Crippen LogP contribution in [-0.2, 0) is 6.61 Å². The summed E-state index contributed by atoms with van der Waals surface area (Å²) in [6.07, 6.45) is 0. The van der Waals surface area contributed by atoms with Crippen molar-refractivity contribution in [3.8, 4) is 5.75 Å². The first-order valence-corrected chi connectivity index (χ1v) is 5.86. The third-order valence-corrected chi connectivity index (χ3v) is 2.89. The smallest absolute Gasteiger partial charge is 0.269 e. The summed E-state index contributed by atoms with van der Waals surface area (Å²) < 4.78 is 31.2. The van der Waals surface area contributed by atoms with Gasteiger partial charge in [0.05, 0.1) is 4.92 Å². The van der Waals surface area contributed by atoms with Gasteiger partial charge >= 0.3 is 0 Å². The Kier molecular flexibility index (Phi) is 4.14. The molecule has 0 aliphatic heterocycles. The number of nitrogens with zero attached hydrogens (tertiary/aromatic N) is 1. The highest BCUT2D eigenvalue weighted by molar-refractivity contribution is 6.31. The number of halogens is 3. The maximum absolute atomic E-state index is 13.4. The van der Waals surface area contributed by atoms with E-state index in [0.29, 0.717) is 11.6 Å². The van der Waals surface area contributed by atoms with E-state index in [-0.39, 0.29) is 23.1 Å². The van der Waals surface area contributed by atoms with E-state index in [1.165, 1.54) is 18.2 Å². The van der Waals surface area contributed by atoms with Gasteiger partial charge in [-0.15, -0.1) is 0 Å². The Morgan fingerprint density at radius 2 is 1.95 bits per heavy atom. The summed E-state index contributed by atoms with van der Waals surface area (Å²) in [6, 6.07) is 6.72. The Bertz CT molecular complexity index is 664. The van der Waals surface area contributed by atoms with E-state index in [9.17, 15) is 18.9 Å². The van der Waals surface area contributed by atoms with Gasteiger partial charge in [0, 0.05) is 28.8 Å². The molecule has 4 nitrogen and oxygen atoms in total. The Hall–Kier alpha value is -2.21. The third-order valence-electron chi connectivity index (χ3n) is 2.52. The molecule has 0 fully saturated rings. The fourth-order valence-electron chi connectivity index (χ4n) is 1.53. The number of rotatable bonds is 4. The lowest BCUT2D eigenvalue weighted by Gasteiger charge is -2.08. The Morgan fingerprint density at radius 3 is 2.60 bits per heavy atom. The van der Waals surface area contributed by atoms with Gasteiger partial charge in [-0.3, -0.25) is 10.1 Å². The van der Waals surface area contributed by atoms with Crippen LogP contribution in [0.25, 0.3) is 0 Å². The predicted molar refractivity (Wildman–Crippen MR) is 68.8 cm³/mol. The molecule has 2 aromatic carbocycles. The molecular formula is C13H8ClF2NO3. The molecule has 2 rings (SSSR count). The zero-order valence-corrected chi connectivity index (χ0v) is 10.7. The molecule has 0 spiro atoms. The van der Waals surface area contributed by atoms with Crippen molar-refractivity contribution in [2.24, 2.45) is 0 Å². The summed E-state index contributed by atoms with van der Waals surface area (Å²) >= 11 is 5.88. The molecule has 104 valence electrons. The summed E-state index contributed by atoms with van der Waals surface area (Å²) in [7, 11) is 0. The molecule has 0 atom stereocenters. The predicted octanol–water partition coefficient (Wildman–Crippen LogP) is 4.11. The van der Waals surface area contributed by atoms with E-state index in [2.05, 4.69) is 0 Å². The number of ether oxygens (including phenoxy) is 1. The molecule has 0 unspecified atom stereocenters. The van der Waals surface area contributed by atoms with Gasteiger partial charge in [0.2, 0.25) is 0 Å². The van der Waals surface area contributed by atoms with Gasteiger partial charge < -0.3 is 4.74 Å². The van der Waals surface area contributed by atoms with Gasteiger partial charge in [-0.05, 0) is 18.2 Å². The number of benzene rings is 2. The standard InChI is InChI=1S/C13H8ClF2NO3/c14-11-3-2-10(17(18)19)5-8(11)7-20-13-4-1-9(15)6-12(13)16/h1-6H,7H2. The fraction of sp³-hybridized carbons (Fsp3) is 0.0769. The van der Waals surface area contributed by atoms with Gasteiger partial charge in [0.25, 0.3) is 5.69 Å². The average molecular weight is 300 g/mol. The Balaban J connectivity index is 2.18. The van der Waals surface area contributed by atoms with Crippen LogP contribution in [-0.4, -0.2) is 4.92 Å². The summed E-state index contributed by atoms with van der Waals surface area (Å²) in [4.78, 5) is 10.1. The number of hydrogen-bond donors (Lipinski definition) is 0. The van der Waals surface area contributed by atoms with E-state index >= 15 is 0 Å². The van der Waals surface area contributed by atoms with E-state index in [1.807, 2.05) is 0 Å². The van der Waals surface area contributed by atoms with Gasteiger partial charge in [0.1, 0.15) is 12.4 Å². The number of hydrogen-bond acceptors (Lipinski definition) is 3. The van der Waals surface area contributed by atoms with Crippen molar-refractivity contribution in [3.05, 3.63) is 68.7 Å². The van der Waals surface area contributed by atoms with Crippen molar-refractivity contribution in [3.63, 3.8) is 0 Å². The molecule has 0 saturated carbocycles. The van der Waals surface area contributed by atoms with Crippen LogP contribution in [0.15, 0.2) is 36.4 Å². The van der Waals surface area contributed by atoms with Crippen LogP contribution in [0.2, 0.25) is 5.02 Å². The van der Waals surface area contributed by atoms with Crippen LogP contribution in [0.4, 0.5) is 14.5 Å². The largest absolute Gasteiger partial charge is 0.486 e. The van der Waals surface area contributed by atoms with E-state index in [1.54, 1.807) is 0 Å². The normalized spacial score (nSPS) is 10.3. The number of non-ortho nitro benzene ring substituents is 1. The molecule has 0 N–H and O–H groups in total. The Morgan fingerprint density at radius 1 is 1.20 bits per heavy atom. The molecule has 0 amide bonds. The number of nitro groups is 1. The highest BCUT2D eigenvalue weighted by Crippen LogP contribution is 2.25. The van der Waals surface area contributed by atoms with Crippen LogP contribution >= 0.6 is 11.6 Å². The average Bonchev–Trinajstić information content (AvgIpc) is 2.39. The second-order valence-corrected chi connectivity index (χ2v) is 4.30. The summed E-state index contributed by atoms with van der Waals surface area (Å²) in [5, 5.41) is 10.9. The van der Waals surface area contributed by atoms with Crippen molar-refractivity contribution < 1.29 is 18.4 Å². The summed E-state index contributed by atoms with van der Waals surface area (Å²) in [6.45, 7) is -0.164. The van der Waals surface area contributed by atoms with Crippen LogP contribution in [0.5, 0.6) is 5.75 Å². The maximum Gasteiger partial charge on any atom is 0.269 e. The minimum atomic E-state index is -0.855. The molecule has 0 aliphatic carbocycles. The highest BCUT2D eigenvalue weighted by atomic mass is 35.5. The van der Waals surface area contributed by atoms with Crippen molar-refractivity contribution in [1.29, 1.82) is 0 Å². The van der Waals surface area contributed by atoms with Gasteiger partial charge in [0.15, 0.2) is 11.6 Å². The molecule has 0 saturated heterocycles. The molecule has 20 heavy (non-hydrogen) atoms. The van der Waals surface area contributed by atoms with Crippen LogP contribution < -0.4 is 4.74 Å². The Labute approximate surface area is 117 Å². The third kappa shape index (κ3) is 3.21. The van der Waals surface area contributed by atoms with E-state index in [0.717, 1.165) is 12.1 Å². The SMILES string of the molecule is O=[N+]([O-])c1ccc(Cl)c(COc2ccc(F)cc2F)c1. The fourth-order valence-corrected chi connectivity index (χ4v) is 1.71. The van der Waals surface area contributed by atoms with Crippen molar-refractivity contribution in [1.82, 2.24) is 0 Å². The van der Waals surface area contributed by atoms with Crippen molar-refractivity contribution >= 4 is 17.3 Å². The maximum atomic E-state index is 13.4. The molecule has 0 bridgehead atoms. The van der Waals surface area contributed by atoms with Gasteiger partial charge in [-0.1, -0.05) is 11.6 Å². The molecular weight excluding hydrogens is 292 g/mol. The first kappa shape index (κ1) is 14.2. The zero-order chi connectivity index (χ0) is 14.7. The molecule has 2 aromatic rings. The quantitative estimate of drug-likeness (QED) is 0.630. The highest BCUT2D eigenvalue weighted by Gasteiger charge is 2.11.